The molecule has 2 heteroatoms. The van der Waals surface area contributed by atoms with Crippen LogP contribution >= 0.6 is 11.6 Å². The molecule has 0 aliphatic carbocycles. The van der Waals surface area contributed by atoms with E-state index in [-0.39, 0.29) is 0 Å². The minimum absolute atomic E-state index is 0.729. The molecule has 0 aliphatic rings. The van der Waals surface area contributed by atoms with E-state index >= 15 is 0 Å². The Bertz CT molecular complexity index is 179. The fraction of sp³-hybridized carbons (Fsp3) is 0.867. The molecule has 0 aromatic heterocycles. The second-order valence-electron chi connectivity index (χ2n) is 5.33. The van der Waals surface area contributed by atoms with Crippen LogP contribution in [0.25, 0.3) is 0 Å². The minimum atomic E-state index is -2.12. The normalized spacial score (nSPS) is 11.8. The molecule has 0 aliphatic heterocycles. The molecular weight excluding hydrogens is 334 g/mol. The van der Waals surface area contributed by atoms with Crippen molar-refractivity contribution in [3.8, 4) is 0 Å². The monoisotopic (exact) mass is 366 g/mol. The number of hydrogen-bond acceptors (Lipinski definition) is 0. The maximum absolute atomic E-state index is 6.13. The Hall–Kier alpha value is 0.829. The van der Waals surface area contributed by atoms with Gasteiger partial charge in [0.1, 0.15) is 0 Å². The molecule has 0 fully saturated rings. The Labute approximate surface area is 118 Å². The van der Waals surface area contributed by atoms with Gasteiger partial charge in [-0.25, -0.2) is 0 Å². The van der Waals surface area contributed by atoms with Crippen molar-refractivity contribution in [2.45, 2.75) is 72.6 Å². The van der Waals surface area contributed by atoms with Crippen LogP contribution in [0.1, 0.15) is 59.3 Å². The van der Waals surface area contributed by atoms with E-state index in [4.69, 9.17) is 11.6 Å². The van der Waals surface area contributed by atoms with Crippen LogP contribution in [0.2, 0.25) is 13.3 Å². The predicted molar refractivity (Wildman–Crippen MR) is 84.8 cm³/mol. The molecule has 0 heterocycles. The van der Waals surface area contributed by atoms with E-state index in [9.17, 15) is 0 Å². The van der Waals surface area contributed by atoms with Crippen molar-refractivity contribution >= 4 is 30.0 Å². The third-order valence-corrected chi connectivity index (χ3v) is 20.9. The van der Waals surface area contributed by atoms with Crippen molar-refractivity contribution in [3.63, 3.8) is 0 Å². The first-order valence-electron chi connectivity index (χ1n) is 7.41. The van der Waals surface area contributed by atoms with Crippen LogP contribution in [0.3, 0.4) is 0 Å². The number of alkyl halides is 1. The fourth-order valence-electron chi connectivity index (χ4n) is 2.59. The van der Waals surface area contributed by atoms with Gasteiger partial charge >= 0.3 is 119 Å². The van der Waals surface area contributed by atoms with Crippen molar-refractivity contribution in [1.29, 1.82) is 0 Å². The van der Waals surface area contributed by atoms with Crippen LogP contribution in [0, 0.1) is 0 Å². The van der Waals surface area contributed by atoms with Gasteiger partial charge in [-0.3, -0.25) is 0 Å². The Morgan fingerprint density at radius 3 is 1.47 bits per heavy atom. The van der Waals surface area contributed by atoms with Crippen LogP contribution in [-0.2, 0) is 0 Å². The number of unbranched alkanes of at least 4 members (excludes halogenated alkanes) is 3. The molecule has 0 aromatic rings. The van der Waals surface area contributed by atoms with Gasteiger partial charge in [-0.15, -0.1) is 0 Å². The van der Waals surface area contributed by atoms with Crippen molar-refractivity contribution in [1.82, 2.24) is 0 Å². The first-order valence-corrected chi connectivity index (χ1v) is 15.4. The molecule has 0 N–H and O–H groups in total. The molecule has 0 unspecified atom stereocenters. The van der Waals surface area contributed by atoms with Crippen molar-refractivity contribution in [2.75, 3.05) is 5.88 Å². The topological polar surface area (TPSA) is 0 Å². The molecule has 0 amide bonds. The van der Waals surface area contributed by atoms with Crippen molar-refractivity contribution in [2.24, 2.45) is 0 Å². The van der Waals surface area contributed by atoms with E-state index in [1.165, 1.54) is 55.4 Å². The van der Waals surface area contributed by atoms with Gasteiger partial charge in [0.15, 0.2) is 0 Å². The number of halogens is 1. The third-order valence-electron chi connectivity index (χ3n) is 3.94. The molecule has 0 spiro atoms. The summed E-state index contributed by atoms with van der Waals surface area (Å²) in [6.45, 7) is 11.3. The third kappa shape index (κ3) is 6.52. The zero-order valence-electron chi connectivity index (χ0n) is 12.2. The Morgan fingerprint density at radius 1 is 0.882 bits per heavy atom. The molecule has 0 radical (unpaired) electrons. The molecule has 0 saturated carbocycles. The Kier molecular flexibility index (Phi) is 11.2. The summed E-state index contributed by atoms with van der Waals surface area (Å²) in [4.78, 5) is 0. The SMILES string of the molecule is C=[C](CCl)[Sn]([CH2]CCC)([CH2]CCC)[CH2]CCC. The van der Waals surface area contributed by atoms with Gasteiger partial charge in [0.2, 0.25) is 0 Å². The van der Waals surface area contributed by atoms with E-state index in [1.54, 1.807) is 0 Å². The van der Waals surface area contributed by atoms with Crippen LogP contribution in [0.4, 0.5) is 0 Å². The fourth-order valence-corrected chi connectivity index (χ4v) is 19.3. The van der Waals surface area contributed by atoms with Gasteiger partial charge in [0.05, 0.1) is 0 Å². The summed E-state index contributed by atoms with van der Waals surface area (Å²) in [6.07, 6.45) is 8.18. The molecule has 0 aromatic carbocycles. The number of rotatable bonds is 11. The second-order valence-corrected chi connectivity index (χ2v) is 19.2. The standard InChI is InChI=1S/3C4H9.C3H4Cl.Sn/c3*1-3-4-2;1-2-3-4;/h3*1,3-4H2,2H3;1,3H2;. The quantitative estimate of drug-likeness (QED) is 0.303. The van der Waals surface area contributed by atoms with Gasteiger partial charge in [0.25, 0.3) is 0 Å². The first-order chi connectivity index (χ1) is 8.16. The summed E-state index contributed by atoms with van der Waals surface area (Å²) < 4.78 is 5.99. The van der Waals surface area contributed by atoms with E-state index in [0.717, 1.165) is 5.88 Å². The van der Waals surface area contributed by atoms with Crippen LogP contribution in [0.15, 0.2) is 10.2 Å². The Balaban J connectivity index is 4.70. The molecule has 0 saturated heterocycles. The summed E-state index contributed by atoms with van der Waals surface area (Å²) in [5.41, 5.74) is 0. The van der Waals surface area contributed by atoms with Gasteiger partial charge in [0, 0.05) is 0 Å². The molecule has 0 atom stereocenters. The molecule has 102 valence electrons. The maximum atomic E-state index is 6.13. The molecule has 0 nitrogen and oxygen atoms in total. The Morgan fingerprint density at radius 2 is 1.24 bits per heavy atom. The van der Waals surface area contributed by atoms with Gasteiger partial charge in [-0.05, 0) is 0 Å². The molecule has 0 bridgehead atoms. The van der Waals surface area contributed by atoms with Gasteiger partial charge < -0.3 is 0 Å². The van der Waals surface area contributed by atoms with Crippen LogP contribution in [-0.4, -0.2) is 24.3 Å². The zero-order chi connectivity index (χ0) is 13.1. The van der Waals surface area contributed by atoms with E-state index in [2.05, 4.69) is 27.4 Å². The summed E-state index contributed by atoms with van der Waals surface area (Å²) in [5.74, 6) is 0.729. The number of hydrogen-bond donors (Lipinski definition) is 0. The number of allylic oxidation sites excluding steroid dienone is 1. The summed E-state index contributed by atoms with van der Waals surface area (Å²) in [7, 11) is 0. The van der Waals surface area contributed by atoms with E-state index < -0.39 is 18.4 Å². The average molecular weight is 366 g/mol. The summed E-state index contributed by atoms with van der Waals surface area (Å²) in [5, 5.41) is 0. The van der Waals surface area contributed by atoms with Crippen LogP contribution in [0.5, 0.6) is 0 Å². The second kappa shape index (κ2) is 10.7. The van der Waals surface area contributed by atoms with Crippen molar-refractivity contribution in [3.05, 3.63) is 10.2 Å². The van der Waals surface area contributed by atoms with E-state index in [1.807, 2.05) is 0 Å². The molecule has 17 heavy (non-hydrogen) atoms. The summed E-state index contributed by atoms with van der Waals surface area (Å²) in [6, 6.07) is 0. The van der Waals surface area contributed by atoms with Gasteiger partial charge in [-0.2, -0.15) is 0 Å². The van der Waals surface area contributed by atoms with Crippen LogP contribution < -0.4 is 0 Å². The average Bonchev–Trinajstić information content (AvgIpc) is 2.37. The summed E-state index contributed by atoms with van der Waals surface area (Å²) >= 11 is 4.01. The zero-order valence-corrected chi connectivity index (χ0v) is 15.8. The van der Waals surface area contributed by atoms with E-state index in [0.29, 0.717) is 0 Å². The predicted octanol–water partition coefficient (Wildman–Crippen LogP) is 6.17. The molecular formula is C15H31ClSn. The van der Waals surface area contributed by atoms with Crippen molar-refractivity contribution < 1.29 is 0 Å². The first kappa shape index (κ1) is 17.8. The van der Waals surface area contributed by atoms with Gasteiger partial charge in [-0.1, -0.05) is 0 Å². The molecule has 0 rings (SSSR count).